The lowest BCUT2D eigenvalue weighted by atomic mass is 9.91. The monoisotopic (exact) mass is 406 g/mol. The number of carbonyl (C=O) groups is 3. The van der Waals surface area contributed by atoms with E-state index in [-0.39, 0.29) is 24.9 Å². The van der Waals surface area contributed by atoms with Crippen molar-refractivity contribution >= 4 is 28.7 Å². The molecule has 3 aromatic rings. The molecule has 30 heavy (non-hydrogen) atoms. The lowest BCUT2D eigenvalue weighted by Gasteiger charge is -2.24. The van der Waals surface area contributed by atoms with E-state index in [4.69, 9.17) is 4.42 Å². The highest BCUT2D eigenvalue weighted by Gasteiger charge is 2.39. The number of nitrogens with one attached hydrogen (secondary N) is 3. The van der Waals surface area contributed by atoms with Gasteiger partial charge in [-0.25, -0.2) is 4.79 Å². The smallest absolute Gasteiger partial charge is 0.325 e. The van der Waals surface area contributed by atoms with E-state index in [1.54, 1.807) is 12.1 Å². The van der Waals surface area contributed by atoms with Crippen molar-refractivity contribution in [3.63, 3.8) is 0 Å². The van der Waals surface area contributed by atoms with Gasteiger partial charge in [0.15, 0.2) is 0 Å². The maximum absolute atomic E-state index is 12.7. The molecular weight excluding hydrogens is 384 g/mol. The first kappa shape index (κ1) is 18.5. The molecule has 2 aliphatic rings. The Hall–Kier alpha value is -3.55. The molecule has 1 fully saturated rings. The first-order valence-corrected chi connectivity index (χ1v) is 10.1. The number of imide groups is 1. The molecule has 4 amide bonds. The second-order valence-electron chi connectivity index (χ2n) is 7.79. The zero-order chi connectivity index (χ0) is 20.7. The minimum Gasteiger partial charge on any atom is -0.467 e. The molecule has 1 aliphatic heterocycles. The largest absolute Gasteiger partial charge is 0.467 e. The molecular formula is C22H22N4O4. The van der Waals surface area contributed by atoms with E-state index in [0.717, 1.165) is 35.4 Å². The predicted molar refractivity (Wildman–Crippen MR) is 108 cm³/mol. The molecule has 154 valence electrons. The average molecular weight is 406 g/mol. The molecule has 2 aromatic heterocycles. The van der Waals surface area contributed by atoms with Gasteiger partial charge < -0.3 is 20.0 Å². The quantitative estimate of drug-likeness (QED) is 0.566. The Morgan fingerprint density at radius 2 is 2.07 bits per heavy atom. The summed E-state index contributed by atoms with van der Waals surface area (Å²) in [7, 11) is 0. The Labute approximate surface area is 172 Å². The molecule has 0 spiro atoms. The van der Waals surface area contributed by atoms with Gasteiger partial charge in [0.05, 0.1) is 25.3 Å². The van der Waals surface area contributed by atoms with E-state index >= 15 is 0 Å². The number of aromatic amines is 1. The molecule has 1 aliphatic carbocycles. The van der Waals surface area contributed by atoms with Crippen molar-refractivity contribution in [3.8, 4) is 0 Å². The number of rotatable bonds is 5. The highest BCUT2D eigenvalue weighted by Crippen LogP contribution is 2.34. The zero-order valence-corrected chi connectivity index (χ0v) is 16.3. The third kappa shape index (κ3) is 3.24. The number of amides is 4. The van der Waals surface area contributed by atoms with Crippen LogP contribution >= 0.6 is 0 Å². The number of benzene rings is 1. The van der Waals surface area contributed by atoms with Crippen LogP contribution in [0.4, 0.5) is 4.79 Å². The van der Waals surface area contributed by atoms with Crippen LogP contribution in [0.25, 0.3) is 10.9 Å². The Balaban J connectivity index is 1.26. The molecule has 5 rings (SSSR count). The number of fused-ring (bicyclic) bond motifs is 3. The second-order valence-corrected chi connectivity index (χ2v) is 7.79. The lowest BCUT2D eigenvalue weighted by Crippen LogP contribution is -2.38. The number of H-pyrrole nitrogens is 1. The Kier molecular flexibility index (Phi) is 4.54. The van der Waals surface area contributed by atoms with Crippen LogP contribution in [0.1, 0.15) is 42.3 Å². The van der Waals surface area contributed by atoms with Crippen molar-refractivity contribution in [1.82, 2.24) is 20.5 Å². The van der Waals surface area contributed by atoms with Crippen LogP contribution in [-0.2, 0) is 22.6 Å². The summed E-state index contributed by atoms with van der Waals surface area (Å²) in [6.45, 7) is 0.0524. The highest BCUT2D eigenvalue weighted by molar-refractivity contribution is 6.05. The number of nitrogens with zero attached hydrogens (tertiary/aromatic N) is 1. The molecule has 0 radical (unpaired) electrons. The standard InChI is InChI=1S/C22H22N4O4/c27-19(11-18-21(28)26(22(29)25-18)12-13-5-4-10-30-13)23-17-9-3-7-15-14-6-1-2-8-16(14)24-20(15)17/h1-2,4-6,8,10,17-18,24H,3,7,9,11-12H2,(H,23,27)(H,25,29)/t17-,18-/m0/s1. The van der Waals surface area contributed by atoms with E-state index in [1.165, 1.54) is 17.2 Å². The molecule has 3 heterocycles. The van der Waals surface area contributed by atoms with Crippen molar-refractivity contribution in [2.75, 3.05) is 0 Å². The minimum atomic E-state index is -0.863. The molecule has 2 atom stereocenters. The van der Waals surface area contributed by atoms with Crippen LogP contribution in [-0.4, -0.2) is 33.8 Å². The normalized spacial score (nSPS) is 21.0. The summed E-state index contributed by atoms with van der Waals surface area (Å²) in [5.74, 6) is -0.163. The number of aryl methyl sites for hydroxylation is 1. The number of hydrogen-bond donors (Lipinski definition) is 3. The van der Waals surface area contributed by atoms with Crippen LogP contribution in [0.3, 0.4) is 0 Å². The topological polar surface area (TPSA) is 107 Å². The molecule has 0 unspecified atom stereocenters. The molecule has 8 nitrogen and oxygen atoms in total. The van der Waals surface area contributed by atoms with E-state index in [1.807, 2.05) is 18.2 Å². The molecule has 8 heteroatoms. The number of hydrogen-bond acceptors (Lipinski definition) is 4. The van der Waals surface area contributed by atoms with E-state index in [0.29, 0.717) is 5.76 Å². The number of urea groups is 1. The van der Waals surface area contributed by atoms with Gasteiger partial charge in [0, 0.05) is 16.6 Å². The van der Waals surface area contributed by atoms with Crippen LogP contribution < -0.4 is 10.6 Å². The third-order valence-electron chi connectivity index (χ3n) is 5.84. The van der Waals surface area contributed by atoms with Gasteiger partial charge in [0.1, 0.15) is 11.8 Å². The molecule has 1 aromatic carbocycles. The summed E-state index contributed by atoms with van der Waals surface area (Å²) in [6, 6.07) is 10.0. The maximum Gasteiger partial charge on any atom is 0.325 e. The highest BCUT2D eigenvalue weighted by atomic mass is 16.3. The number of aromatic nitrogens is 1. The molecule has 0 bridgehead atoms. The van der Waals surface area contributed by atoms with Gasteiger partial charge in [0.25, 0.3) is 5.91 Å². The SMILES string of the molecule is O=C(C[C@@H]1NC(=O)N(Cc2ccco2)C1=O)N[C@H]1CCCc2c1[nH]c1ccccc21. The first-order chi connectivity index (χ1) is 14.6. The number of para-hydroxylation sites is 1. The Morgan fingerprint density at radius 1 is 1.20 bits per heavy atom. The van der Waals surface area contributed by atoms with Gasteiger partial charge in [-0.15, -0.1) is 0 Å². The van der Waals surface area contributed by atoms with Gasteiger partial charge in [-0.05, 0) is 43.0 Å². The Bertz CT molecular complexity index is 1120. The van der Waals surface area contributed by atoms with Crippen molar-refractivity contribution in [3.05, 3.63) is 59.7 Å². The van der Waals surface area contributed by atoms with E-state index in [2.05, 4.69) is 21.7 Å². The third-order valence-corrected chi connectivity index (χ3v) is 5.84. The average Bonchev–Trinajstić information content (AvgIpc) is 3.44. The van der Waals surface area contributed by atoms with Crippen molar-refractivity contribution in [1.29, 1.82) is 0 Å². The fourth-order valence-electron chi connectivity index (χ4n) is 4.42. The summed E-state index contributed by atoms with van der Waals surface area (Å²) in [5.41, 5.74) is 3.35. The summed E-state index contributed by atoms with van der Waals surface area (Å²) in [6.07, 6.45) is 4.19. The van der Waals surface area contributed by atoms with Crippen molar-refractivity contribution < 1.29 is 18.8 Å². The van der Waals surface area contributed by atoms with Crippen LogP contribution in [0.2, 0.25) is 0 Å². The fraction of sp³-hybridized carbons (Fsp3) is 0.318. The second kappa shape index (κ2) is 7.37. The van der Waals surface area contributed by atoms with E-state index < -0.39 is 18.0 Å². The first-order valence-electron chi connectivity index (χ1n) is 10.1. The van der Waals surface area contributed by atoms with Gasteiger partial charge in [-0.2, -0.15) is 0 Å². The maximum atomic E-state index is 12.7. The summed E-state index contributed by atoms with van der Waals surface area (Å²) >= 11 is 0. The van der Waals surface area contributed by atoms with Crippen molar-refractivity contribution in [2.45, 2.75) is 44.3 Å². The van der Waals surface area contributed by atoms with Crippen LogP contribution in [0.5, 0.6) is 0 Å². The minimum absolute atomic E-state index is 0.0524. The van der Waals surface area contributed by atoms with Crippen LogP contribution in [0.15, 0.2) is 47.1 Å². The van der Waals surface area contributed by atoms with Gasteiger partial charge in [-0.1, -0.05) is 18.2 Å². The fourth-order valence-corrected chi connectivity index (χ4v) is 4.42. The van der Waals surface area contributed by atoms with Crippen molar-refractivity contribution in [2.24, 2.45) is 0 Å². The van der Waals surface area contributed by atoms with Gasteiger partial charge in [-0.3, -0.25) is 14.5 Å². The summed E-state index contributed by atoms with van der Waals surface area (Å²) < 4.78 is 5.21. The van der Waals surface area contributed by atoms with Gasteiger partial charge in [0.2, 0.25) is 5.91 Å². The van der Waals surface area contributed by atoms with Gasteiger partial charge >= 0.3 is 6.03 Å². The Morgan fingerprint density at radius 3 is 2.90 bits per heavy atom. The van der Waals surface area contributed by atoms with E-state index in [9.17, 15) is 14.4 Å². The predicted octanol–water partition coefficient (Wildman–Crippen LogP) is 2.77. The number of carbonyl (C=O) groups excluding carboxylic acids is 3. The molecule has 1 saturated heterocycles. The van der Waals surface area contributed by atoms with Crippen LogP contribution in [0, 0.1) is 0 Å². The zero-order valence-electron chi connectivity index (χ0n) is 16.3. The molecule has 0 saturated carbocycles. The molecule has 3 N–H and O–H groups in total. The number of furan rings is 1. The summed E-state index contributed by atoms with van der Waals surface area (Å²) in [5, 5.41) is 6.84. The lowest BCUT2D eigenvalue weighted by molar-refractivity contribution is -0.131. The summed E-state index contributed by atoms with van der Waals surface area (Å²) in [4.78, 5) is 42.0.